The van der Waals surface area contributed by atoms with E-state index in [9.17, 15) is 4.79 Å². The lowest BCUT2D eigenvalue weighted by Gasteiger charge is -2.34. The highest BCUT2D eigenvalue weighted by atomic mass is 16.5. The normalized spacial score (nSPS) is 11.9. The van der Waals surface area contributed by atoms with E-state index in [-0.39, 0.29) is 32.2 Å². The van der Waals surface area contributed by atoms with Gasteiger partial charge in [-0.05, 0) is 63.1 Å². The maximum Gasteiger partial charge on any atom is 0.152 e. The number of hydrogen-bond donors (Lipinski definition) is 2. The Morgan fingerprint density at radius 1 is 0.714 bits per heavy atom. The molecule has 5 heteroatoms. The van der Waals surface area contributed by atoms with Crippen LogP contribution in [-0.4, -0.2) is 42.4 Å². The molecule has 0 saturated heterocycles. The number of benzene rings is 2. The molecule has 2 rings (SSSR count). The molecule has 0 saturated carbocycles. The monoisotopic (exact) mass is 386 g/mol. The molecule has 0 aliphatic heterocycles. The van der Waals surface area contributed by atoms with Gasteiger partial charge >= 0.3 is 0 Å². The number of aliphatic hydroxyl groups is 2. The molecule has 5 nitrogen and oxygen atoms in total. The molecule has 2 aromatic rings. The topological polar surface area (TPSA) is 76.0 Å². The zero-order chi connectivity index (χ0) is 20.8. The minimum absolute atomic E-state index is 0.0379. The van der Waals surface area contributed by atoms with E-state index in [4.69, 9.17) is 19.7 Å². The van der Waals surface area contributed by atoms with Crippen molar-refractivity contribution in [1.82, 2.24) is 0 Å². The Kier molecular flexibility index (Phi) is 7.22. The highest BCUT2D eigenvalue weighted by molar-refractivity contribution is 5.97. The minimum atomic E-state index is -0.689. The van der Waals surface area contributed by atoms with Crippen molar-refractivity contribution in [1.29, 1.82) is 0 Å². The van der Waals surface area contributed by atoms with Crippen LogP contribution in [0.3, 0.4) is 0 Å². The molecule has 0 aliphatic carbocycles. The van der Waals surface area contributed by atoms with Crippen molar-refractivity contribution >= 4 is 5.78 Å². The van der Waals surface area contributed by atoms with E-state index >= 15 is 0 Å². The third-order valence-corrected chi connectivity index (χ3v) is 5.01. The van der Waals surface area contributed by atoms with Crippen LogP contribution in [0.15, 0.2) is 48.5 Å². The summed E-state index contributed by atoms with van der Waals surface area (Å²) in [4.78, 5) is 13.5. The predicted octanol–water partition coefficient (Wildman–Crippen LogP) is 3.25. The Hall–Kier alpha value is -2.37. The minimum Gasteiger partial charge on any atom is -0.491 e. The third-order valence-electron chi connectivity index (χ3n) is 5.01. The summed E-state index contributed by atoms with van der Waals surface area (Å²) in [5.74, 6) is 1.44. The molecule has 2 aromatic carbocycles. The summed E-state index contributed by atoms with van der Waals surface area (Å²) in [5.41, 5.74) is 0.436. The lowest BCUT2D eigenvalue weighted by molar-refractivity contribution is -0.128. The summed E-state index contributed by atoms with van der Waals surface area (Å²) in [5, 5.41) is 17.7. The molecule has 0 atom stereocenters. The first-order valence-electron chi connectivity index (χ1n) is 9.46. The Bertz CT molecular complexity index is 695. The molecule has 152 valence electrons. The molecular weight excluding hydrogens is 356 g/mol. The fraction of sp³-hybridized carbons (Fsp3) is 0.435. The van der Waals surface area contributed by atoms with Crippen LogP contribution in [0.5, 0.6) is 11.5 Å². The van der Waals surface area contributed by atoms with Crippen LogP contribution in [0.2, 0.25) is 0 Å². The fourth-order valence-electron chi connectivity index (χ4n) is 3.31. The highest BCUT2D eigenvalue weighted by Crippen LogP contribution is 2.36. The molecule has 0 fully saturated rings. The van der Waals surface area contributed by atoms with Crippen molar-refractivity contribution in [2.75, 3.05) is 26.4 Å². The Labute approximate surface area is 166 Å². The molecule has 0 heterocycles. The van der Waals surface area contributed by atoms with E-state index < -0.39 is 10.8 Å². The van der Waals surface area contributed by atoms with E-state index in [0.717, 1.165) is 11.1 Å². The van der Waals surface area contributed by atoms with Gasteiger partial charge in [0.05, 0.1) is 13.2 Å². The van der Waals surface area contributed by atoms with Crippen molar-refractivity contribution in [3.05, 3.63) is 59.7 Å². The quantitative estimate of drug-likeness (QED) is 0.656. The van der Waals surface area contributed by atoms with Gasteiger partial charge in [0, 0.05) is 10.8 Å². The lowest BCUT2D eigenvalue weighted by atomic mass is 9.67. The maximum atomic E-state index is 13.5. The number of hydrogen-bond acceptors (Lipinski definition) is 5. The number of Topliss-reactive ketones (excluding diaryl/α,β-unsaturated/α-hetero) is 1. The van der Waals surface area contributed by atoms with Gasteiger partial charge in [0.25, 0.3) is 0 Å². The SMILES string of the molecule is CC(C)(C(=O)C(C)(C)c1ccc(OCCO)cc1)c1ccc(OCCO)cc1. The summed E-state index contributed by atoms with van der Waals surface area (Å²) in [6.45, 7) is 8.13. The van der Waals surface area contributed by atoms with Gasteiger partial charge in [-0.15, -0.1) is 0 Å². The number of ketones is 1. The van der Waals surface area contributed by atoms with Crippen molar-refractivity contribution in [3.8, 4) is 11.5 Å². The number of aliphatic hydroxyl groups excluding tert-OH is 2. The van der Waals surface area contributed by atoms with Gasteiger partial charge in [-0.25, -0.2) is 0 Å². The number of ether oxygens (including phenoxy) is 2. The van der Waals surface area contributed by atoms with Gasteiger partial charge in [0.1, 0.15) is 24.7 Å². The summed E-state index contributed by atoms with van der Waals surface area (Å²) < 4.78 is 10.8. The second-order valence-electron chi connectivity index (χ2n) is 7.77. The zero-order valence-corrected chi connectivity index (χ0v) is 17.1. The average molecular weight is 386 g/mol. The molecule has 0 bridgehead atoms. The molecule has 0 spiro atoms. The molecule has 0 aliphatic rings. The molecule has 28 heavy (non-hydrogen) atoms. The van der Waals surface area contributed by atoms with Gasteiger partial charge in [-0.1, -0.05) is 24.3 Å². The number of carbonyl (C=O) groups excluding carboxylic acids is 1. The molecular formula is C23H30O5. The average Bonchev–Trinajstić information content (AvgIpc) is 2.70. The van der Waals surface area contributed by atoms with Gasteiger partial charge in [0.15, 0.2) is 5.78 Å². The van der Waals surface area contributed by atoms with Crippen molar-refractivity contribution in [3.63, 3.8) is 0 Å². The van der Waals surface area contributed by atoms with Crippen molar-refractivity contribution < 1.29 is 24.5 Å². The second-order valence-corrected chi connectivity index (χ2v) is 7.77. The standard InChI is InChI=1S/C23H30O5/c1-22(2,17-5-9-19(10-6-17)27-15-13-24)21(26)23(3,4)18-7-11-20(12-8-18)28-16-14-25/h5-12,24-25H,13-16H2,1-4H3. The second kappa shape index (κ2) is 9.22. The van der Waals surface area contributed by atoms with Gasteiger partial charge in [0.2, 0.25) is 0 Å². The van der Waals surface area contributed by atoms with Crippen LogP contribution in [0, 0.1) is 0 Å². The Morgan fingerprint density at radius 3 is 1.32 bits per heavy atom. The van der Waals surface area contributed by atoms with Crippen molar-refractivity contribution in [2.24, 2.45) is 0 Å². The van der Waals surface area contributed by atoms with Gasteiger partial charge in [-0.2, -0.15) is 0 Å². The highest BCUT2D eigenvalue weighted by Gasteiger charge is 2.41. The third kappa shape index (κ3) is 4.91. The first-order valence-corrected chi connectivity index (χ1v) is 9.46. The molecule has 2 N–H and O–H groups in total. The van der Waals surface area contributed by atoms with E-state index in [0.29, 0.717) is 11.5 Å². The van der Waals surface area contributed by atoms with Crippen LogP contribution >= 0.6 is 0 Å². The molecule has 0 amide bonds. The van der Waals surface area contributed by atoms with Crippen LogP contribution in [0.25, 0.3) is 0 Å². The van der Waals surface area contributed by atoms with Crippen molar-refractivity contribution in [2.45, 2.75) is 38.5 Å². The van der Waals surface area contributed by atoms with E-state index in [2.05, 4.69) is 0 Å². The largest absolute Gasteiger partial charge is 0.491 e. The first kappa shape index (κ1) is 21.9. The summed E-state index contributed by atoms with van der Waals surface area (Å²) in [6, 6.07) is 14.9. The maximum absolute atomic E-state index is 13.5. The molecule has 0 radical (unpaired) electrons. The number of carbonyl (C=O) groups is 1. The zero-order valence-electron chi connectivity index (χ0n) is 17.1. The van der Waals surface area contributed by atoms with E-state index in [1.165, 1.54) is 0 Å². The predicted molar refractivity (Wildman–Crippen MR) is 109 cm³/mol. The Balaban J connectivity index is 2.21. The summed E-state index contributed by atoms with van der Waals surface area (Å²) in [6.07, 6.45) is 0. The van der Waals surface area contributed by atoms with Crippen LogP contribution in [0.4, 0.5) is 0 Å². The summed E-state index contributed by atoms with van der Waals surface area (Å²) >= 11 is 0. The van der Waals surface area contributed by atoms with Crippen LogP contribution < -0.4 is 9.47 Å². The Morgan fingerprint density at radius 2 is 1.04 bits per heavy atom. The first-order chi connectivity index (χ1) is 13.2. The lowest BCUT2D eigenvalue weighted by Crippen LogP contribution is -2.42. The van der Waals surface area contributed by atoms with E-state index in [1.54, 1.807) is 0 Å². The van der Waals surface area contributed by atoms with E-state index in [1.807, 2.05) is 76.2 Å². The van der Waals surface area contributed by atoms with Crippen LogP contribution in [-0.2, 0) is 15.6 Å². The number of rotatable bonds is 10. The van der Waals surface area contributed by atoms with Gasteiger partial charge < -0.3 is 19.7 Å². The fourth-order valence-corrected chi connectivity index (χ4v) is 3.31. The van der Waals surface area contributed by atoms with Crippen LogP contribution in [0.1, 0.15) is 38.8 Å². The summed E-state index contributed by atoms with van der Waals surface area (Å²) in [7, 11) is 0. The molecule has 0 unspecified atom stereocenters. The molecule has 0 aromatic heterocycles. The van der Waals surface area contributed by atoms with Gasteiger partial charge in [-0.3, -0.25) is 4.79 Å². The smallest absolute Gasteiger partial charge is 0.152 e.